The van der Waals surface area contributed by atoms with Crippen molar-refractivity contribution in [3.05, 3.63) is 33.4 Å². The number of hydrogen-bond acceptors (Lipinski definition) is 3. The van der Waals surface area contributed by atoms with Gasteiger partial charge in [0.25, 0.3) is 5.91 Å². The van der Waals surface area contributed by atoms with Crippen LogP contribution in [0.1, 0.15) is 23.7 Å². The predicted molar refractivity (Wildman–Crippen MR) is 82.9 cm³/mol. The molecular formula is C13H16INO3S. The van der Waals surface area contributed by atoms with E-state index in [0.29, 0.717) is 18.5 Å². The fraction of sp³-hybridized carbons (Fsp3) is 0.462. The SMILES string of the molecule is CCN(C(=O)c1cccc(I)c1)[C@H]1CCS(=O)(=O)C1. The molecule has 0 bridgehead atoms. The van der Waals surface area contributed by atoms with Crippen LogP contribution in [0.4, 0.5) is 0 Å². The van der Waals surface area contributed by atoms with Gasteiger partial charge in [-0.2, -0.15) is 0 Å². The molecule has 1 aromatic rings. The number of rotatable bonds is 3. The summed E-state index contributed by atoms with van der Waals surface area (Å²) in [6.07, 6.45) is 0.547. The van der Waals surface area contributed by atoms with E-state index < -0.39 is 9.84 Å². The van der Waals surface area contributed by atoms with Crippen molar-refractivity contribution in [2.45, 2.75) is 19.4 Å². The minimum atomic E-state index is -2.97. The van der Waals surface area contributed by atoms with Crippen molar-refractivity contribution >= 4 is 38.3 Å². The maximum Gasteiger partial charge on any atom is 0.254 e. The summed E-state index contributed by atoms with van der Waals surface area (Å²) in [7, 11) is -2.97. The van der Waals surface area contributed by atoms with Crippen LogP contribution in [-0.4, -0.2) is 43.3 Å². The summed E-state index contributed by atoms with van der Waals surface area (Å²) in [5.41, 5.74) is 0.623. The smallest absolute Gasteiger partial charge is 0.254 e. The van der Waals surface area contributed by atoms with Gasteiger partial charge in [0.05, 0.1) is 11.5 Å². The van der Waals surface area contributed by atoms with Gasteiger partial charge in [-0.15, -0.1) is 0 Å². The highest BCUT2D eigenvalue weighted by Crippen LogP contribution is 2.20. The van der Waals surface area contributed by atoms with Crippen molar-refractivity contribution in [3.8, 4) is 0 Å². The largest absolute Gasteiger partial charge is 0.335 e. The van der Waals surface area contributed by atoms with E-state index in [9.17, 15) is 13.2 Å². The van der Waals surface area contributed by atoms with Crippen molar-refractivity contribution in [1.82, 2.24) is 4.90 Å². The standard InChI is InChI=1S/C13H16INO3S/c1-2-15(12-6-7-19(17,18)9-12)13(16)10-4-3-5-11(14)8-10/h3-5,8,12H,2,6-7,9H2,1H3/t12-/m0/s1. The first-order valence-electron chi connectivity index (χ1n) is 6.20. The molecule has 4 nitrogen and oxygen atoms in total. The maximum absolute atomic E-state index is 12.5. The van der Waals surface area contributed by atoms with Crippen molar-refractivity contribution in [2.24, 2.45) is 0 Å². The number of halogens is 1. The lowest BCUT2D eigenvalue weighted by atomic mass is 10.1. The summed E-state index contributed by atoms with van der Waals surface area (Å²) >= 11 is 2.16. The Labute approximate surface area is 127 Å². The molecule has 2 rings (SSSR count). The second-order valence-corrected chi connectivity index (χ2v) is 8.13. The third-order valence-electron chi connectivity index (χ3n) is 3.32. The van der Waals surface area contributed by atoms with Gasteiger partial charge in [0.1, 0.15) is 0 Å². The van der Waals surface area contributed by atoms with Crippen LogP contribution in [-0.2, 0) is 9.84 Å². The van der Waals surface area contributed by atoms with E-state index >= 15 is 0 Å². The Morgan fingerprint density at radius 2 is 2.21 bits per heavy atom. The Kier molecular flexibility index (Phi) is 4.50. The van der Waals surface area contributed by atoms with Gasteiger partial charge in [-0.3, -0.25) is 4.79 Å². The average Bonchev–Trinajstić information content (AvgIpc) is 2.70. The third kappa shape index (κ3) is 3.47. The van der Waals surface area contributed by atoms with Crippen LogP contribution in [0.2, 0.25) is 0 Å². The Balaban J connectivity index is 2.21. The molecule has 0 aliphatic carbocycles. The lowest BCUT2D eigenvalue weighted by molar-refractivity contribution is 0.0708. The second kappa shape index (κ2) is 5.78. The van der Waals surface area contributed by atoms with E-state index in [1.165, 1.54) is 0 Å². The Morgan fingerprint density at radius 3 is 2.74 bits per heavy atom. The molecule has 0 aromatic heterocycles. The topological polar surface area (TPSA) is 54.5 Å². The molecule has 1 amide bonds. The van der Waals surface area contributed by atoms with Crippen LogP contribution in [0, 0.1) is 3.57 Å². The van der Waals surface area contributed by atoms with Gasteiger partial charge in [0, 0.05) is 21.7 Å². The van der Waals surface area contributed by atoms with Gasteiger partial charge < -0.3 is 4.90 Å². The number of nitrogens with zero attached hydrogens (tertiary/aromatic N) is 1. The van der Waals surface area contributed by atoms with Crippen molar-refractivity contribution in [1.29, 1.82) is 0 Å². The van der Waals surface area contributed by atoms with Crippen LogP contribution in [0.25, 0.3) is 0 Å². The first kappa shape index (κ1) is 14.8. The molecule has 104 valence electrons. The van der Waals surface area contributed by atoms with Gasteiger partial charge in [0.2, 0.25) is 0 Å². The molecule has 0 unspecified atom stereocenters. The summed E-state index contributed by atoms with van der Waals surface area (Å²) in [5.74, 6) is 0.202. The summed E-state index contributed by atoms with van der Waals surface area (Å²) in [6.45, 7) is 2.42. The predicted octanol–water partition coefficient (Wildman–Crippen LogP) is 1.94. The summed E-state index contributed by atoms with van der Waals surface area (Å²) in [4.78, 5) is 14.1. The highest BCUT2D eigenvalue weighted by molar-refractivity contribution is 14.1. The molecule has 0 radical (unpaired) electrons. The molecule has 0 N–H and O–H groups in total. The zero-order chi connectivity index (χ0) is 14.0. The fourth-order valence-electron chi connectivity index (χ4n) is 2.38. The minimum absolute atomic E-state index is 0.0804. The van der Waals surface area contributed by atoms with Crippen LogP contribution in [0.3, 0.4) is 0 Å². The second-order valence-electron chi connectivity index (χ2n) is 4.66. The Hall–Kier alpha value is -0.630. The molecule has 6 heteroatoms. The maximum atomic E-state index is 12.5. The van der Waals surface area contributed by atoms with Gasteiger partial charge >= 0.3 is 0 Å². The lowest BCUT2D eigenvalue weighted by Gasteiger charge is -2.27. The van der Waals surface area contributed by atoms with Crippen LogP contribution < -0.4 is 0 Å². The quantitative estimate of drug-likeness (QED) is 0.738. The molecule has 1 heterocycles. The lowest BCUT2D eigenvalue weighted by Crippen LogP contribution is -2.41. The van der Waals surface area contributed by atoms with E-state index in [-0.39, 0.29) is 23.5 Å². The molecule has 1 aliphatic heterocycles. The Bertz CT molecular complexity index is 585. The van der Waals surface area contributed by atoms with E-state index in [1.807, 2.05) is 25.1 Å². The van der Waals surface area contributed by atoms with Crippen molar-refractivity contribution in [3.63, 3.8) is 0 Å². The van der Waals surface area contributed by atoms with E-state index in [2.05, 4.69) is 22.6 Å². The molecule has 0 saturated carbocycles. The van der Waals surface area contributed by atoms with Crippen LogP contribution in [0.5, 0.6) is 0 Å². The zero-order valence-corrected chi connectivity index (χ0v) is 13.6. The summed E-state index contributed by atoms with van der Waals surface area (Å²) in [5, 5.41) is 0. The fourth-order valence-corrected chi connectivity index (χ4v) is 4.65. The molecule has 0 spiro atoms. The molecule has 1 aliphatic rings. The number of hydrogen-bond donors (Lipinski definition) is 0. The van der Waals surface area contributed by atoms with Crippen molar-refractivity contribution < 1.29 is 13.2 Å². The third-order valence-corrected chi connectivity index (χ3v) is 5.74. The van der Waals surface area contributed by atoms with Gasteiger partial charge in [-0.05, 0) is 54.1 Å². The number of sulfone groups is 1. The van der Waals surface area contributed by atoms with E-state index in [1.54, 1.807) is 11.0 Å². The minimum Gasteiger partial charge on any atom is -0.335 e. The van der Waals surface area contributed by atoms with E-state index in [4.69, 9.17) is 0 Å². The van der Waals surface area contributed by atoms with Crippen molar-refractivity contribution in [2.75, 3.05) is 18.1 Å². The monoisotopic (exact) mass is 393 g/mol. The number of carbonyl (C=O) groups is 1. The molecule has 1 fully saturated rings. The van der Waals surface area contributed by atoms with Gasteiger partial charge in [-0.1, -0.05) is 6.07 Å². The Morgan fingerprint density at radius 1 is 1.47 bits per heavy atom. The first-order chi connectivity index (χ1) is 8.93. The average molecular weight is 393 g/mol. The number of benzene rings is 1. The first-order valence-corrected chi connectivity index (χ1v) is 9.10. The molecule has 19 heavy (non-hydrogen) atoms. The zero-order valence-electron chi connectivity index (χ0n) is 10.7. The normalized spacial score (nSPS) is 21.3. The van der Waals surface area contributed by atoms with Crippen LogP contribution >= 0.6 is 22.6 Å². The number of amides is 1. The van der Waals surface area contributed by atoms with Gasteiger partial charge in [-0.25, -0.2) is 8.42 Å². The van der Waals surface area contributed by atoms with Crippen LogP contribution in [0.15, 0.2) is 24.3 Å². The molecule has 1 aromatic carbocycles. The summed E-state index contributed by atoms with van der Waals surface area (Å²) < 4.78 is 24.1. The summed E-state index contributed by atoms with van der Waals surface area (Å²) in [6, 6.07) is 7.19. The molecular weight excluding hydrogens is 377 g/mol. The molecule has 1 atom stereocenters. The molecule has 1 saturated heterocycles. The highest BCUT2D eigenvalue weighted by Gasteiger charge is 2.34. The highest BCUT2D eigenvalue weighted by atomic mass is 127. The van der Waals surface area contributed by atoms with Gasteiger partial charge in [0.15, 0.2) is 9.84 Å². The number of carbonyl (C=O) groups excluding carboxylic acids is 1. The van der Waals surface area contributed by atoms with E-state index in [0.717, 1.165) is 3.57 Å².